The second-order valence-electron chi connectivity index (χ2n) is 14.1. The van der Waals surface area contributed by atoms with Crippen LogP contribution in [0.4, 0.5) is 14.6 Å². The van der Waals surface area contributed by atoms with E-state index < -0.39 is 29.3 Å². The molecule has 0 unspecified atom stereocenters. The summed E-state index contributed by atoms with van der Waals surface area (Å²) in [6, 6.07) is 10.8. The SMILES string of the molecule is COC(=O)[C@@H](OC(C)(C)C)c1c(C)nc2cc3nn2c1N1CCC(C)(CC1)OCC=CC[C@H](C)Oc1cccc(F)c1-c1cc-3ccc1F. The lowest BCUT2D eigenvalue weighted by atomic mass is 9.92. The average Bonchev–Trinajstić information content (AvgIpc) is 3.46. The van der Waals surface area contributed by atoms with Gasteiger partial charge in [-0.25, -0.2) is 18.6 Å². The molecule has 0 aliphatic carbocycles. The fourth-order valence-corrected chi connectivity index (χ4v) is 6.50. The molecule has 0 amide bonds. The number of carbonyl (C=O) groups is 1. The van der Waals surface area contributed by atoms with E-state index in [1.165, 1.54) is 19.2 Å². The molecule has 260 valence electrons. The van der Waals surface area contributed by atoms with E-state index in [-0.39, 0.29) is 28.6 Å². The van der Waals surface area contributed by atoms with Gasteiger partial charge in [0, 0.05) is 42.4 Å². The Balaban J connectivity index is 1.58. The Bertz CT molecular complexity index is 1890. The first-order valence-corrected chi connectivity index (χ1v) is 16.7. The van der Waals surface area contributed by atoms with Crippen molar-refractivity contribution in [2.24, 2.45) is 0 Å². The number of hydrogen-bond acceptors (Lipinski definition) is 8. The summed E-state index contributed by atoms with van der Waals surface area (Å²) >= 11 is 0. The lowest BCUT2D eigenvalue weighted by molar-refractivity contribution is -0.164. The van der Waals surface area contributed by atoms with Crippen molar-refractivity contribution in [3.05, 3.63) is 77.5 Å². The number of esters is 1. The van der Waals surface area contributed by atoms with Gasteiger partial charge in [0.1, 0.15) is 23.2 Å². The van der Waals surface area contributed by atoms with Gasteiger partial charge in [-0.15, -0.1) is 0 Å². The quantitative estimate of drug-likeness (QED) is 0.161. The highest BCUT2D eigenvalue weighted by atomic mass is 19.1. The first-order chi connectivity index (χ1) is 23.3. The smallest absolute Gasteiger partial charge is 0.339 e. The van der Waals surface area contributed by atoms with Crippen LogP contribution in [0.1, 0.15) is 71.2 Å². The monoisotopic (exact) mass is 674 g/mol. The molecule has 2 aromatic heterocycles. The predicted molar refractivity (Wildman–Crippen MR) is 184 cm³/mol. The lowest BCUT2D eigenvalue weighted by Gasteiger charge is -2.41. The number of hydrogen-bond donors (Lipinski definition) is 0. The molecule has 0 radical (unpaired) electrons. The molecule has 0 saturated carbocycles. The van der Waals surface area contributed by atoms with Crippen LogP contribution in [0.2, 0.25) is 0 Å². The number of nitrogens with zero attached hydrogens (tertiary/aromatic N) is 4. The summed E-state index contributed by atoms with van der Waals surface area (Å²) in [5.74, 6) is -0.844. The third kappa shape index (κ3) is 7.19. The Labute approximate surface area is 285 Å². The minimum atomic E-state index is -1.08. The molecule has 3 aliphatic heterocycles. The molecular formula is C38H44F2N4O5. The number of rotatable bonds is 3. The van der Waals surface area contributed by atoms with Gasteiger partial charge in [-0.2, -0.15) is 9.61 Å². The van der Waals surface area contributed by atoms with Crippen LogP contribution in [0.3, 0.4) is 0 Å². The molecule has 1 saturated heterocycles. The maximum atomic E-state index is 15.6. The second-order valence-corrected chi connectivity index (χ2v) is 14.1. The Morgan fingerprint density at radius 3 is 2.55 bits per heavy atom. The van der Waals surface area contributed by atoms with E-state index in [9.17, 15) is 4.79 Å². The van der Waals surface area contributed by atoms with Crippen molar-refractivity contribution in [1.29, 1.82) is 0 Å². The zero-order chi connectivity index (χ0) is 35.1. The van der Waals surface area contributed by atoms with Crippen LogP contribution in [0.15, 0.2) is 54.6 Å². The lowest BCUT2D eigenvalue weighted by Crippen LogP contribution is -2.45. The summed E-state index contributed by atoms with van der Waals surface area (Å²) in [6.07, 6.45) is 4.58. The molecule has 2 aromatic carbocycles. The summed E-state index contributed by atoms with van der Waals surface area (Å²) in [4.78, 5) is 20.4. The van der Waals surface area contributed by atoms with E-state index in [0.29, 0.717) is 60.1 Å². The van der Waals surface area contributed by atoms with Gasteiger partial charge in [0.05, 0.1) is 47.8 Å². The van der Waals surface area contributed by atoms with Gasteiger partial charge in [0.25, 0.3) is 0 Å². The van der Waals surface area contributed by atoms with Gasteiger partial charge >= 0.3 is 5.97 Å². The molecule has 3 aliphatic rings. The highest BCUT2D eigenvalue weighted by Gasteiger charge is 2.38. The van der Waals surface area contributed by atoms with Crippen LogP contribution in [-0.2, 0) is 19.0 Å². The maximum Gasteiger partial charge on any atom is 0.339 e. The van der Waals surface area contributed by atoms with Gasteiger partial charge in [0.15, 0.2) is 11.8 Å². The summed E-state index contributed by atoms with van der Waals surface area (Å²) < 4.78 is 56.9. The maximum absolute atomic E-state index is 15.6. The minimum absolute atomic E-state index is 0.0349. The van der Waals surface area contributed by atoms with Crippen LogP contribution >= 0.6 is 0 Å². The molecule has 9 nitrogen and oxygen atoms in total. The first kappa shape index (κ1) is 34.5. The largest absolute Gasteiger partial charge is 0.490 e. The Kier molecular flexibility index (Phi) is 9.52. The van der Waals surface area contributed by atoms with E-state index in [4.69, 9.17) is 29.0 Å². The molecule has 5 heterocycles. The van der Waals surface area contributed by atoms with Crippen molar-refractivity contribution in [2.75, 3.05) is 31.7 Å². The van der Waals surface area contributed by atoms with Crippen molar-refractivity contribution in [2.45, 2.75) is 84.2 Å². The van der Waals surface area contributed by atoms with E-state index in [1.807, 2.05) is 46.8 Å². The first-order valence-electron chi connectivity index (χ1n) is 16.7. The summed E-state index contributed by atoms with van der Waals surface area (Å²) in [6.45, 7) is 13.2. The fourth-order valence-electron chi connectivity index (χ4n) is 6.50. The average molecular weight is 675 g/mol. The van der Waals surface area contributed by atoms with Gasteiger partial charge in [-0.3, -0.25) is 0 Å². The van der Waals surface area contributed by atoms with Crippen LogP contribution in [0.5, 0.6) is 5.75 Å². The van der Waals surface area contributed by atoms with E-state index in [1.54, 1.807) is 34.8 Å². The number of piperidine rings is 1. The fraction of sp³-hybridized carbons (Fsp3) is 0.447. The number of anilines is 1. The molecule has 6 bridgehead atoms. The van der Waals surface area contributed by atoms with E-state index in [0.717, 1.165) is 12.8 Å². The highest BCUT2D eigenvalue weighted by Crippen LogP contribution is 2.40. The molecular weight excluding hydrogens is 630 g/mol. The van der Waals surface area contributed by atoms with Crippen LogP contribution in [-0.4, -0.2) is 64.7 Å². The van der Waals surface area contributed by atoms with Gasteiger partial charge in [-0.1, -0.05) is 18.2 Å². The normalized spacial score (nSPS) is 20.6. The van der Waals surface area contributed by atoms with Crippen LogP contribution in [0.25, 0.3) is 28.0 Å². The molecule has 7 rings (SSSR count). The number of ether oxygens (including phenoxy) is 4. The third-order valence-corrected chi connectivity index (χ3v) is 9.07. The highest BCUT2D eigenvalue weighted by molar-refractivity contribution is 5.81. The zero-order valence-electron chi connectivity index (χ0n) is 29.2. The standard InChI is InChI=1S/C38H44F2N4O5/c1-23-11-8-9-20-47-38(6)16-18-43(19-17-38)35-32(34(36(45)46-7)49-37(3,4)5)24(2)41-31-22-29(42-44(31)35)25-14-15-27(39)26(21-25)33-28(40)12-10-13-30(33)48-23/h8-10,12-15,21-23,34H,11,16-20H2,1-7H3/t23-,34-/m0/s1. The molecule has 4 aromatic rings. The van der Waals surface area contributed by atoms with Gasteiger partial charge in [-0.05, 0) is 84.7 Å². The number of aryl methyl sites for hydroxylation is 1. The third-order valence-electron chi connectivity index (χ3n) is 9.07. The second kappa shape index (κ2) is 13.5. The topological polar surface area (TPSA) is 87.4 Å². The minimum Gasteiger partial charge on any atom is -0.490 e. The Morgan fingerprint density at radius 1 is 1.08 bits per heavy atom. The number of methoxy groups -OCH3 is 1. The molecule has 1 fully saturated rings. The van der Waals surface area contributed by atoms with Crippen molar-refractivity contribution in [3.63, 3.8) is 0 Å². The van der Waals surface area contributed by atoms with Gasteiger partial charge < -0.3 is 23.8 Å². The number of benzene rings is 2. The Morgan fingerprint density at radius 2 is 1.84 bits per heavy atom. The van der Waals surface area contributed by atoms with Crippen molar-refractivity contribution in [3.8, 4) is 28.1 Å². The predicted octanol–water partition coefficient (Wildman–Crippen LogP) is 7.78. The number of fused-ring (bicyclic) bond motifs is 7. The van der Waals surface area contributed by atoms with Crippen LogP contribution < -0.4 is 9.64 Å². The number of halogens is 2. The summed E-state index contributed by atoms with van der Waals surface area (Å²) in [7, 11) is 1.34. The van der Waals surface area contributed by atoms with E-state index in [2.05, 4.69) is 11.8 Å². The summed E-state index contributed by atoms with van der Waals surface area (Å²) in [5.41, 5.74) is 1.76. The summed E-state index contributed by atoms with van der Waals surface area (Å²) in [5, 5.41) is 4.99. The number of carbonyl (C=O) groups excluding carboxylic acids is 1. The number of aromatic nitrogens is 3. The van der Waals surface area contributed by atoms with Crippen molar-refractivity contribution >= 4 is 17.4 Å². The van der Waals surface area contributed by atoms with Crippen LogP contribution in [0, 0.1) is 18.6 Å². The molecule has 2 atom stereocenters. The zero-order valence-corrected chi connectivity index (χ0v) is 29.2. The molecule has 0 spiro atoms. The van der Waals surface area contributed by atoms with Crippen molar-refractivity contribution in [1.82, 2.24) is 14.6 Å². The molecule has 49 heavy (non-hydrogen) atoms. The van der Waals surface area contributed by atoms with Crippen molar-refractivity contribution < 1.29 is 32.5 Å². The van der Waals surface area contributed by atoms with E-state index >= 15 is 8.78 Å². The Hall–Kier alpha value is -4.35. The molecule has 11 heteroatoms. The van der Waals surface area contributed by atoms with Gasteiger partial charge in [0.2, 0.25) is 0 Å². The molecule has 0 N–H and O–H groups in total.